The molecule has 2 amide bonds. The third kappa shape index (κ3) is 3.46. The van der Waals surface area contributed by atoms with Crippen LogP contribution in [0.25, 0.3) is 0 Å². The highest BCUT2D eigenvalue weighted by molar-refractivity contribution is 9.10. The Morgan fingerprint density at radius 2 is 1.76 bits per heavy atom. The standard InChI is InChI=1S/C30H24BrNO6/c1-14-10-22(33)26-20(27(14)34)13-19-17(24(26)15-11-21(31)28(35)23(12-15)38-2)8-9-18-25(19)30(37)32(29(18)36)16-6-4-3-5-7-16/h3-8,10-12,18-19,24-25,35H,9,13H2,1-2H3/t18-,19+,24-,25-/m0/s1. The molecule has 38 heavy (non-hydrogen) atoms. The Kier molecular flexibility index (Phi) is 5.76. The van der Waals surface area contributed by atoms with Crippen molar-refractivity contribution in [3.05, 3.63) is 86.9 Å². The van der Waals surface area contributed by atoms with E-state index in [1.807, 2.05) is 12.1 Å². The van der Waals surface area contributed by atoms with Gasteiger partial charge in [-0.15, -0.1) is 0 Å². The number of amides is 2. The summed E-state index contributed by atoms with van der Waals surface area (Å²) in [5.41, 5.74) is 3.16. The van der Waals surface area contributed by atoms with Gasteiger partial charge in [-0.05, 0) is 77.5 Å². The summed E-state index contributed by atoms with van der Waals surface area (Å²) >= 11 is 3.38. The number of phenolic OH excluding ortho intramolecular Hbond substituents is 1. The number of allylic oxidation sites excluding steroid dienone is 6. The number of hydrogen-bond donors (Lipinski definition) is 1. The van der Waals surface area contributed by atoms with Crippen molar-refractivity contribution >= 4 is 45.0 Å². The number of carbonyl (C=O) groups excluding carboxylic acids is 4. The van der Waals surface area contributed by atoms with Crippen molar-refractivity contribution in [3.8, 4) is 11.5 Å². The Bertz CT molecular complexity index is 1540. The van der Waals surface area contributed by atoms with Gasteiger partial charge < -0.3 is 9.84 Å². The SMILES string of the molecule is COc1cc([C@H]2C3=CC[C@@H]4C(=O)N(c5ccccc5)C(=O)[C@@H]4[C@@H]3CC3=C2C(=O)C=C(C)C3=O)cc(Br)c1O. The Balaban J connectivity index is 1.52. The number of anilines is 1. The second-order valence-corrected chi connectivity index (χ2v) is 11.0. The third-order valence-corrected chi connectivity index (χ3v) is 8.79. The lowest BCUT2D eigenvalue weighted by molar-refractivity contribution is -0.123. The molecule has 7 nitrogen and oxygen atoms in total. The lowest BCUT2D eigenvalue weighted by Gasteiger charge is -2.42. The maximum Gasteiger partial charge on any atom is 0.238 e. The van der Waals surface area contributed by atoms with E-state index >= 15 is 0 Å². The molecule has 8 heteroatoms. The molecule has 4 atom stereocenters. The first-order valence-electron chi connectivity index (χ1n) is 12.4. The number of ketones is 2. The minimum atomic E-state index is -0.643. The Labute approximate surface area is 227 Å². The minimum Gasteiger partial charge on any atom is -0.503 e. The number of benzene rings is 2. The van der Waals surface area contributed by atoms with E-state index in [2.05, 4.69) is 15.9 Å². The molecular formula is C30H24BrNO6. The summed E-state index contributed by atoms with van der Waals surface area (Å²) in [4.78, 5) is 55.4. The largest absolute Gasteiger partial charge is 0.503 e. The van der Waals surface area contributed by atoms with E-state index in [4.69, 9.17) is 4.74 Å². The summed E-state index contributed by atoms with van der Waals surface area (Å²) in [7, 11) is 1.44. The molecule has 4 aliphatic rings. The molecule has 2 aromatic rings. The van der Waals surface area contributed by atoms with Crippen LogP contribution in [0.5, 0.6) is 11.5 Å². The van der Waals surface area contributed by atoms with Gasteiger partial charge in [0, 0.05) is 22.6 Å². The Morgan fingerprint density at radius 1 is 1.03 bits per heavy atom. The zero-order valence-electron chi connectivity index (χ0n) is 20.7. The highest BCUT2D eigenvalue weighted by atomic mass is 79.9. The zero-order valence-corrected chi connectivity index (χ0v) is 22.3. The molecule has 0 saturated carbocycles. The highest BCUT2D eigenvalue weighted by Gasteiger charge is 2.56. The number of carbonyl (C=O) groups is 4. The molecular weight excluding hydrogens is 550 g/mol. The van der Waals surface area contributed by atoms with Crippen molar-refractivity contribution in [2.75, 3.05) is 12.0 Å². The lowest BCUT2D eigenvalue weighted by atomic mass is 9.59. The molecule has 1 heterocycles. The Hall–Kier alpha value is -3.78. The van der Waals surface area contributed by atoms with Crippen LogP contribution < -0.4 is 9.64 Å². The fourth-order valence-corrected chi connectivity index (χ4v) is 6.97. The van der Waals surface area contributed by atoms with E-state index in [-0.39, 0.29) is 41.3 Å². The van der Waals surface area contributed by atoms with Gasteiger partial charge in [-0.1, -0.05) is 29.8 Å². The van der Waals surface area contributed by atoms with Crippen molar-refractivity contribution in [3.63, 3.8) is 0 Å². The van der Waals surface area contributed by atoms with Crippen LogP contribution in [0.4, 0.5) is 5.69 Å². The summed E-state index contributed by atoms with van der Waals surface area (Å²) in [6.07, 6.45) is 3.91. The number of methoxy groups -OCH3 is 1. The highest BCUT2D eigenvalue weighted by Crippen LogP contribution is 2.56. The number of hydrogen-bond acceptors (Lipinski definition) is 6. The van der Waals surface area contributed by atoms with Gasteiger partial charge >= 0.3 is 0 Å². The molecule has 0 spiro atoms. The molecule has 0 bridgehead atoms. The average molecular weight is 574 g/mol. The van der Waals surface area contributed by atoms with Crippen molar-refractivity contribution < 1.29 is 29.0 Å². The fourth-order valence-electron chi connectivity index (χ4n) is 6.51. The van der Waals surface area contributed by atoms with Gasteiger partial charge in [0.05, 0.1) is 29.1 Å². The van der Waals surface area contributed by atoms with Crippen LogP contribution in [0.15, 0.2) is 81.4 Å². The zero-order chi connectivity index (χ0) is 26.9. The van der Waals surface area contributed by atoms with Crippen LogP contribution in [0.1, 0.15) is 31.2 Å². The van der Waals surface area contributed by atoms with E-state index in [1.54, 1.807) is 43.3 Å². The van der Waals surface area contributed by atoms with Gasteiger partial charge in [-0.3, -0.25) is 24.1 Å². The molecule has 3 aliphatic carbocycles. The van der Waals surface area contributed by atoms with Crippen LogP contribution in [-0.2, 0) is 19.2 Å². The second kappa shape index (κ2) is 8.91. The van der Waals surface area contributed by atoms with Gasteiger partial charge in [0.2, 0.25) is 11.8 Å². The van der Waals surface area contributed by atoms with E-state index in [1.165, 1.54) is 18.1 Å². The number of ether oxygens (including phenoxy) is 1. The first-order valence-corrected chi connectivity index (χ1v) is 13.2. The van der Waals surface area contributed by atoms with Crippen LogP contribution in [0.3, 0.4) is 0 Å². The van der Waals surface area contributed by atoms with Crippen molar-refractivity contribution in [1.29, 1.82) is 0 Å². The Morgan fingerprint density at radius 3 is 2.47 bits per heavy atom. The smallest absolute Gasteiger partial charge is 0.238 e. The van der Waals surface area contributed by atoms with E-state index in [0.29, 0.717) is 38.9 Å². The number of fused-ring (bicyclic) bond motifs is 3. The maximum atomic E-state index is 13.9. The summed E-state index contributed by atoms with van der Waals surface area (Å²) in [6, 6.07) is 12.2. The van der Waals surface area contributed by atoms with Crippen molar-refractivity contribution in [2.24, 2.45) is 17.8 Å². The van der Waals surface area contributed by atoms with E-state index < -0.39 is 23.7 Å². The molecule has 6 rings (SSSR count). The lowest BCUT2D eigenvalue weighted by Crippen LogP contribution is -2.39. The first kappa shape index (κ1) is 24.6. The number of para-hydroxylation sites is 1. The maximum absolute atomic E-state index is 13.9. The van der Waals surface area contributed by atoms with Crippen molar-refractivity contribution in [2.45, 2.75) is 25.7 Å². The van der Waals surface area contributed by atoms with Crippen LogP contribution in [0, 0.1) is 17.8 Å². The molecule has 0 aromatic heterocycles. The molecule has 0 radical (unpaired) electrons. The van der Waals surface area contributed by atoms with Gasteiger partial charge in [0.15, 0.2) is 23.1 Å². The molecule has 1 fully saturated rings. The van der Waals surface area contributed by atoms with Crippen LogP contribution >= 0.6 is 15.9 Å². The summed E-state index contributed by atoms with van der Waals surface area (Å²) in [6.45, 7) is 1.62. The van der Waals surface area contributed by atoms with Crippen LogP contribution in [0.2, 0.25) is 0 Å². The number of halogens is 1. The monoisotopic (exact) mass is 573 g/mol. The normalized spacial score (nSPS) is 26.6. The quantitative estimate of drug-likeness (QED) is 0.321. The number of Topliss-reactive ketones (excluding diaryl/α,β-unsaturated/α-hetero) is 1. The molecule has 192 valence electrons. The minimum absolute atomic E-state index is 0.0765. The van der Waals surface area contributed by atoms with Gasteiger partial charge in [-0.2, -0.15) is 0 Å². The van der Waals surface area contributed by atoms with E-state index in [9.17, 15) is 24.3 Å². The predicted octanol–water partition coefficient (Wildman–Crippen LogP) is 4.80. The molecule has 2 aromatic carbocycles. The molecule has 0 unspecified atom stereocenters. The van der Waals surface area contributed by atoms with Crippen molar-refractivity contribution in [1.82, 2.24) is 0 Å². The average Bonchev–Trinajstić information content (AvgIpc) is 3.17. The van der Waals surface area contributed by atoms with Crippen LogP contribution in [-0.4, -0.2) is 35.6 Å². The fraction of sp³-hybridized carbons (Fsp3) is 0.267. The van der Waals surface area contributed by atoms with Gasteiger partial charge in [-0.25, -0.2) is 0 Å². The van der Waals surface area contributed by atoms with Gasteiger partial charge in [0.25, 0.3) is 0 Å². The predicted molar refractivity (Wildman–Crippen MR) is 143 cm³/mol. The number of nitrogens with zero attached hydrogens (tertiary/aromatic N) is 1. The summed E-state index contributed by atoms with van der Waals surface area (Å²) < 4.78 is 5.76. The summed E-state index contributed by atoms with van der Waals surface area (Å²) in [5.74, 6) is -3.07. The second-order valence-electron chi connectivity index (χ2n) is 10.1. The first-order chi connectivity index (χ1) is 18.2. The third-order valence-electron chi connectivity index (χ3n) is 8.18. The molecule has 1 saturated heterocycles. The van der Waals surface area contributed by atoms with Gasteiger partial charge in [0.1, 0.15) is 0 Å². The summed E-state index contributed by atoms with van der Waals surface area (Å²) in [5, 5.41) is 10.4. The number of phenols is 1. The number of imide groups is 1. The van der Waals surface area contributed by atoms with E-state index in [0.717, 1.165) is 5.57 Å². The number of aromatic hydroxyl groups is 1. The number of rotatable bonds is 3. The molecule has 1 N–H and O–H groups in total. The molecule has 1 aliphatic heterocycles. The topological polar surface area (TPSA) is 101 Å².